The zero-order chi connectivity index (χ0) is 8.23. The Morgan fingerprint density at radius 2 is 2.00 bits per heavy atom. The molecule has 0 spiro atoms. The molecule has 1 aliphatic rings. The van der Waals surface area contributed by atoms with E-state index in [9.17, 15) is 0 Å². The Morgan fingerprint density at radius 1 is 1.17 bits per heavy atom. The molecule has 1 aliphatic heterocycles. The van der Waals surface area contributed by atoms with Gasteiger partial charge in [-0.15, -0.1) is 0 Å². The Balaban J connectivity index is 2.08. The first-order valence-electron chi connectivity index (χ1n) is 4.59. The highest BCUT2D eigenvalue weighted by molar-refractivity contribution is 5.19. The predicted molar refractivity (Wildman–Crippen MR) is 49.2 cm³/mol. The second kappa shape index (κ2) is 3.72. The van der Waals surface area contributed by atoms with Crippen molar-refractivity contribution >= 4 is 0 Å². The van der Waals surface area contributed by atoms with Gasteiger partial charge >= 0.3 is 0 Å². The molecule has 1 aromatic rings. The third-order valence-corrected chi connectivity index (χ3v) is 2.43. The molecular formula is C11H14O. The van der Waals surface area contributed by atoms with Crippen molar-refractivity contribution in [2.75, 3.05) is 13.2 Å². The molecule has 0 aliphatic carbocycles. The quantitative estimate of drug-likeness (QED) is 0.616. The molecule has 1 aromatic carbocycles. The summed E-state index contributed by atoms with van der Waals surface area (Å²) < 4.78 is 5.44. The van der Waals surface area contributed by atoms with E-state index in [0.717, 1.165) is 13.2 Å². The summed E-state index contributed by atoms with van der Waals surface area (Å²) in [5, 5.41) is 0. The fourth-order valence-electron chi connectivity index (χ4n) is 1.73. The lowest BCUT2D eigenvalue weighted by molar-refractivity contribution is 0.0804. The Morgan fingerprint density at radius 3 is 2.67 bits per heavy atom. The van der Waals surface area contributed by atoms with Crippen LogP contribution in [0.1, 0.15) is 24.3 Å². The molecule has 1 nitrogen and oxygen atoms in total. The SMILES string of the molecule is c1ccc([C@@H]2CCCOC2)cc1. The molecule has 0 amide bonds. The fourth-order valence-corrected chi connectivity index (χ4v) is 1.73. The van der Waals surface area contributed by atoms with Crippen LogP contribution in [0.4, 0.5) is 0 Å². The van der Waals surface area contributed by atoms with Gasteiger partial charge in [0.1, 0.15) is 0 Å². The number of hydrogen-bond acceptors (Lipinski definition) is 1. The number of rotatable bonds is 1. The first-order valence-corrected chi connectivity index (χ1v) is 4.59. The minimum Gasteiger partial charge on any atom is -0.381 e. The van der Waals surface area contributed by atoms with E-state index >= 15 is 0 Å². The summed E-state index contributed by atoms with van der Waals surface area (Å²) in [5.74, 6) is 0.639. The number of hydrogen-bond donors (Lipinski definition) is 0. The second-order valence-electron chi connectivity index (χ2n) is 3.32. The minimum atomic E-state index is 0.639. The van der Waals surface area contributed by atoms with Crippen LogP contribution in [0.5, 0.6) is 0 Å². The summed E-state index contributed by atoms with van der Waals surface area (Å²) in [6, 6.07) is 10.7. The lowest BCUT2D eigenvalue weighted by Gasteiger charge is -2.22. The first-order chi connectivity index (χ1) is 5.97. The lowest BCUT2D eigenvalue weighted by atomic mass is 9.94. The molecule has 2 rings (SSSR count). The van der Waals surface area contributed by atoms with E-state index in [2.05, 4.69) is 30.3 Å². The zero-order valence-corrected chi connectivity index (χ0v) is 7.20. The number of benzene rings is 1. The average Bonchev–Trinajstić information content (AvgIpc) is 2.21. The van der Waals surface area contributed by atoms with Gasteiger partial charge in [0.2, 0.25) is 0 Å². The molecule has 1 fully saturated rings. The Bertz CT molecular complexity index is 224. The summed E-state index contributed by atoms with van der Waals surface area (Å²) in [7, 11) is 0. The van der Waals surface area contributed by atoms with E-state index < -0.39 is 0 Å². The lowest BCUT2D eigenvalue weighted by Crippen LogP contribution is -2.15. The maximum absolute atomic E-state index is 5.44. The zero-order valence-electron chi connectivity index (χ0n) is 7.20. The molecule has 0 radical (unpaired) electrons. The van der Waals surface area contributed by atoms with Gasteiger partial charge < -0.3 is 4.74 Å². The van der Waals surface area contributed by atoms with Crippen LogP contribution < -0.4 is 0 Å². The van der Waals surface area contributed by atoms with Crippen molar-refractivity contribution in [3.63, 3.8) is 0 Å². The normalized spacial score (nSPS) is 23.8. The van der Waals surface area contributed by atoms with E-state index in [1.807, 2.05) is 0 Å². The van der Waals surface area contributed by atoms with Gasteiger partial charge in [-0.1, -0.05) is 30.3 Å². The van der Waals surface area contributed by atoms with Crippen molar-refractivity contribution in [3.05, 3.63) is 35.9 Å². The largest absolute Gasteiger partial charge is 0.381 e. The smallest absolute Gasteiger partial charge is 0.0534 e. The maximum Gasteiger partial charge on any atom is 0.0534 e. The maximum atomic E-state index is 5.44. The van der Waals surface area contributed by atoms with Crippen LogP contribution in [0.15, 0.2) is 30.3 Å². The van der Waals surface area contributed by atoms with Gasteiger partial charge in [0.15, 0.2) is 0 Å². The summed E-state index contributed by atoms with van der Waals surface area (Å²) in [6.07, 6.45) is 2.49. The van der Waals surface area contributed by atoms with Crippen LogP contribution in [0.2, 0.25) is 0 Å². The highest BCUT2D eigenvalue weighted by atomic mass is 16.5. The van der Waals surface area contributed by atoms with Crippen LogP contribution in [-0.4, -0.2) is 13.2 Å². The highest BCUT2D eigenvalue weighted by Crippen LogP contribution is 2.24. The van der Waals surface area contributed by atoms with Gasteiger partial charge in [0.05, 0.1) is 6.61 Å². The van der Waals surface area contributed by atoms with Gasteiger partial charge in [-0.05, 0) is 18.4 Å². The van der Waals surface area contributed by atoms with Gasteiger partial charge in [0, 0.05) is 12.5 Å². The van der Waals surface area contributed by atoms with Crippen LogP contribution >= 0.6 is 0 Å². The summed E-state index contributed by atoms with van der Waals surface area (Å²) in [6.45, 7) is 1.85. The molecule has 1 heteroatoms. The van der Waals surface area contributed by atoms with Crippen molar-refractivity contribution in [3.8, 4) is 0 Å². The Kier molecular flexibility index (Phi) is 2.42. The molecule has 12 heavy (non-hydrogen) atoms. The van der Waals surface area contributed by atoms with Crippen LogP contribution in [0.25, 0.3) is 0 Å². The second-order valence-corrected chi connectivity index (χ2v) is 3.32. The predicted octanol–water partition coefficient (Wildman–Crippen LogP) is 2.58. The van der Waals surface area contributed by atoms with E-state index in [1.165, 1.54) is 18.4 Å². The molecule has 1 saturated heterocycles. The number of ether oxygens (including phenoxy) is 1. The Hall–Kier alpha value is -0.820. The molecule has 1 atom stereocenters. The van der Waals surface area contributed by atoms with E-state index in [-0.39, 0.29) is 0 Å². The molecule has 0 aromatic heterocycles. The molecule has 0 bridgehead atoms. The molecular weight excluding hydrogens is 148 g/mol. The minimum absolute atomic E-state index is 0.639. The summed E-state index contributed by atoms with van der Waals surface area (Å²) in [5.41, 5.74) is 1.43. The van der Waals surface area contributed by atoms with Gasteiger partial charge in [-0.2, -0.15) is 0 Å². The third-order valence-electron chi connectivity index (χ3n) is 2.43. The molecule has 1 heterocycles. The van der Waals surface area contributed by atoms with Crippen molar-refractivity contribution in [2.45, 2.75) is 18.8 Å². The Labute approximate surface area is 73.4 Å². The molecule has 0 unspecified atom stereocenters. The van der Waals surface area contributed by atoms with Crippen molar-refractivity contribution in [1.82, 2.24) is 0 Å². The van der Waals surface area contributed by atoms with E-state index in [0.29, 0.717) is 5.92 Å². The monoisotopic (exact) mass is 162 g/mol. The van der Waals surface area contributed by atoms with Crippen molar-refractivity contribution in [2.24, 2.45) is 0 Å². The highest BCUT2D eigenvalue weighted by Gasteiger charge is 2.14. The molecule has 64 valence electrons. The van der Waals surface area contributed by atoms with Crippen molar-refractivity contribution in [1.29, 1.82) is 0 Å². The van der Waals surface area contributed by atoms with Gasteiger partial charge in [-0.25, -0.2) is 0 Å². The summed E-state index contributed by atoms with van der Waals surface area (Å²) >= 11 is 0. The first kappa shape index (κ1) is 7.81. The van der Waals surface area contributed by atoms with E-state index in [4.69, 9.17) is 4.74 Å². The molecule has 0 saturated carbocycles. The van der Waals surface area contributed by atoms with Crippen LogP contribution in [-0.2, 0) is 4.74 Å². The third kappa shape index (κ3) is 1.67. The fraction of sp³-hybridized carbons (Fsp3) is 0.455. The van der Waals surface area contributed by atoms with Crippen LogP contribution in [0, 0.1) is 0 Å². The average molecular weight is 162 g/mol. The summed E-state index contributed by atoms with van der Waals surface area (Å²) in [4.78, 5) is 0. The van der Waals surface area contributed by atoms with Gasteiger partial charge in [0.25, 0.3) is 0 Å². The van der Waals surface area contributed by atoms with Crippen molar-refractivity contribution < 1.29 is 4.74 Å². The standard InChI is InChI=1S/C11H14O/c1-2-5-10(6-3-1)11-7-4-8-12-9-11/h1-3,5-6,11H,4,7-9H2/t11-/m1/s1. The van der Waals surface area contributed by atoms with Crippen LogP contribution in [0.3, 0.4) is 0 Å². The molecule has 0 N–H and O–H groups in total. The van der Waals surface area contributed by atoms with E-state index in [1.54, 1.807) is 0 Å². The van der Waals surface area contributed by atoms with Gasteiger partial charge in [-0.3, -0.25) is 0 Å². The topological polar surface area (TPSA) is 9.23 Å².